The van der Waals surface area contributed by atoms with E-state index in [0.717, 1.165) is 17.5 Å². The van der Waals surface area contributed by atoms with Crippen molar-refractivity contribution in [2.45, 2.75) is 45.2 Å². The predicted octanol–water partition coefficient (Wildman–Crippen LogP) is 2.80. The van der Waals surface area contributed by atoms with E-state index in [1.165, 1.54) is 19.3 Å². The van der Waals surface area contributed by atoms with E-state index in [1.807, 2.05) is 36.2 Å². The van der Waals surface area contributed by atoms with E-state index in [1.54, 1.807) is 0 Å². The standard InChI is InChI=1S/C16H24N2O/c1-12-6-3-4-9-15(12)18(2)16(19)14-8-5-7-13(10-14)11-17/h5,7-8,10,12,15H,3-4,6,9,11,17H2,1-2H3. The Hall–Kier alpha value is -1.35. The van der Waals surface area contributed by atoms with E-state index >= 15 is 0 Å². The molecule has 1 amide bonds. The molecule has 19 heavy (non-hydrogen) atoms. The first-order chi connectivity index (χ1) is 9.13. The zero-order chi connectivity index (χ0) is 13.8. The van der Waals surface area contributed by atoms with Gasteiger partial charge in [-0.1, -0.05) is 31.9 Å². The zero-order valence-electron chi connectivity index (χ0n) is 11.9. The number of hydrogen-bond donors (Lipinski definition) is 1. The molecule has 3 heteroatoms. The second-order valence-corrected chi connectivity index (χ2v) is 5.65. The summed E-state index contributed by atoms with van der Waals surface area (Å²) >= 11 is 0. The van der Waals surface area contributed by atoms with Crippen molar-refractivity contribution in [3.05, 3.63) is 35.4 Å². The molecular weight excluding hydrogens is 236 g/mol. The highest BCUT2D eigenvalue weighted by Crippen LogP contribution is 2.28. The van der Waals surface area contributed by atoms with E-state index in [4.69, 9.17) is 5.73 Å². The van der Waals surface area contributed by atoms with Crippen LogP contribution in [-0.2, 0) is 6.54 Å². The summed E-state index contributed by atoms with van der Waals surface area (Å²) in [5.74, 6) is 0.717. The number of nitrogens with zero attached hydrogens (tertiary/aromatic N) is 1. The molecule has 1 aromatic rings. The Bertz CT molecular complexity index is 444. The lowest BCUT2D eigenvalue weighted by Crippen LogP contribution is -2.42. The first kappa shape index (κ1) is 14.1. The van der Waals surface area contributed by atoms with Crippen LogP contribution in [0.2, 0.25) is 0 Å². The van der Waals surface area contributed by atoms with Crippen LogP contribution in [0, 0.1) is 5.92 Å². The lowest BCUT2D eigenvalue weighted by Gasteiger charge is -2.36. The van der Waals surface area contributed by atoms with Gasteiger partial charge in [-0.05, 0) is 36.5 Å². The second-order valence-electron chi connectivity index (χ2n) is 5.65. The van der Waals surface area contributed by atoms with Gasteiger partial charge in [-0.3, -0.25) is 4.79 Å². The smallest absolute Gasteiger partial charge is 0.253 e. The predicted molar refractivity (Wildman–Crippen MR) is 77.8 cm³/mol. The van der Waals surface area contributed by atoms with Crippen LogP contribution in [0.5, 0.6) is 0 Å². The maximum Gasteiger partial charge on any atom is 0.253 e. The maximum absolute atomic E-state index is 12.5. The van der Waals surface area contributed by atoms with E-state index in [9.17, 15) is 4.79 Å². The van der Waals surface area contributed by atoms with Gasteiger partial charge in [-0.15, -0.1) is 0 Å². The highest BCUT2D eigenvalue weighted by molar-refractivity contribution is 5.94. The second kappa shape index (κ2) is 6.20. The number of carbonyl (C=O) groups excluding carboxylic acids is 1. The topological polar surface area (TPSA) is 46.3 Å². The number of benzene rings is 1. The van der Waals surface area contributed by atoms with Gasteiger partial charge in [0.05, 0.1) is 0 Å². The molecule has 2 unspecified atom stereocenters. The van der Waals surface area contributed by atoms with Crippen LogP contribution in [-0.4, -0.2) is 23.9 Å². The third kappa shape index (κ3) is 3.16. The minimum absolute atomic E-state index is 0.119. The molecule has 0 radical (unpaired) electrons. The molecule has 2 N–H and O–H groups in total. The van der Waals surface area contributed by atoms with Gasteiger partial charge in [0.2, 0.25) is 0 Å². The molecule has 1 aliphatic carbocycles. The molecule has 0 aromatic heterocycles. The van der Waals surface area contributed by atoms with E-state index in [2.05, 4.69) is 6.92 Å². The normalized spacial score (nSPS) is 23.1. The molecule has 1 aromatic carbocycles. The van der Waals surface area contributed by atoms with Gasteiger partial charge in [-0.2, -0.15) is 0 Å². The number of amides is 1. The summed E-state index contributed by atoms with van der Waals surface area (Å²) in [5.41, 5.74) is 7.40. The average Bonchev–Trinajstić information content (AvgIpc) is 2.46. The van der Waals surface area contributed by atoms with Gasteiger partial charge >= 0.3 is 0 Å². The number of nitrogens with two attached hydrogens (primary N) is 1. The van der Waals surface area contributed by atoms with Crippen LogP contribution < -0.4 is 5.73 Å². The zero-order valence-corrected chi connectivity index (χ0v) is 11.9. The van der Waals surface area contributed by atoms with Crippen molar-refractivity contribution < 1.29 is 4.79 Å². The van der Waals surface area contributed by atoms with Gasteiger partial charge in [0, 0.05) is 25.2 Å². The van der Waals surface area contributed by atoms with Gasteiger partial charge in [-0.25, -0.2) is 0 Å². The quantitative estimate of drug-likeness (QED) is 0.908. The Morgan fingerprint density at radius 1 is 1.37 bits per heavy atom. The maximum atomic E-state index is 12.5. The molecule has 2 atom stereocenters. The molecule has 3 nitrogen and oxygen atoms in total. The van der Waals surface area contributed by atoms with Crippen molar-refractivity contribution in [3.8, 4) is 0 Å². The van der Waals surface area contributed by atoms with E-state index in [0.29, 0.717) is 18.5 Å². The van der Waals surface area contributed by atoms with Crippen LogP contribution in [0.25, 0.3) is 0 Å². The van der Waals surface area contributed by atoms with Crippen molar-refractivity contribution in [3.63, 3.8) is 0 Å². The number of rotatable bonds is 3. The molecule has 0 bridgehead atoms. The van der Waals surface area contributed by atoms with E-state index in [-0.39, 0.29) is 5.91 Å². The third-order valence-corrected chi connectivity index (χ3v) is 4.29. The van der Waals surface area contributed by atoms with Crippen molar-refractivity contribution in [2.24, 2.45) is 11.7 Å². The lowest BCUT2D eigenvalue weighted by molar-refractivity contribution is 0.0629. The minimum atomic E-state index is 0.119. The molecular formula is C16H24N2O. The fraction of sp³-hybridized carbons (Fsp3) is 0.562. The van der Waals surface area contributed by atoms with Crippen molar-refractivity contribution in [2.75, 3.05) is 7.05 Å². The lowest BCUT2D eigenvalue weighted by atomic mass is 9.85. The summed E-state index contributed by atoms with van der Waals surface area (Å²) in [6.07, 6.45) is 4.88. The molecule has 1 saturated carbocycles. The minimum Gasteiger partial charge on any atom is -0.338 e. The van der Waals surface area contributed by atoms with Gasteiger partial charge in [0.15, 0.2) is 0 Å². The van der Waals surface area contributed by atoms with Crippen molar-refractivity contribution in [1.82, 2.24) is 4.90 Å². The van der Waals surface area contributed by atoms with Crippen molar-refractivity contribution in [1.29, 1.82) is 0 Å². The van der Waals surface area contributed by atoms with Crippen LogP contribution in [0.3, 0.4) is 0 Å². The summed E-state index contributed by atoms with van der Waals surface area (Å²) in [6, 6.07) is 8.04. The first-order valence-electron chi connectivity index (χ1n) is 7.19. The highest BCUT2D eigenvalue weighted by atomic mass is 16.2. The van der Waals surface area contributed by atoms with Crippen molar-refractivity contribution >= 4 is 5.91 Å². The fourth-order valence-corrected chi connectivity index (χ4v) is 3.06. The first-order valence-corrected chi connectivity index (χ1v) is 7.19. The molecule has 0 saturated heterocycles. The molecule has 1 fully saturated rings. The molecule has 1 aliphatic rings. The average molecular weight is 260 g/mol. The monoisotopic (exact) mass is 260 g/mol. The third-order valence-electron chi connectivity index (χ3n) is 4.29. The summed E-state index contributed by atoms with van der Waals surface area (Å²) in [7, 11) is 1.93. The van der Waals surface area contributed by atoms with Crippen LogP contribution in [0.4, 0.5) is 0 Å². The largest absolute Gasteiger partial charge is 0.338 e. The highest BCUT2D eigenvalue weighted by Gasteiger charge is 2.28. The molecule has 0 heterocycles. The Kier molecular flexibility index (Phi) is 4.59. The fourth-order valence-electron chi connectivity index (χ4n) is 3.06. The van der Waals surface area contributed by atoms with Crippen LogP contribution >= 0.6 is 0 Å². The van der Waals surface area contributed by atoms with Gasteiger partial charge in [0.25, 0.3) is 5.91 Å². The van der Waals surface area contributed by atoms with Crippen LogP contribution in [0.1, 0.15) is 48.5 Å². The Labute approximate surface area is 115 Å². The Morgan fingerprint density at radius 2 is 2.11 bits per heavy atom. The SMILES string of the molecule is CC1CCCCC1N(C)C(=O)c1cccc(CN)c1. The summed E-state index contributed by atoms with van der Waals surface area (Å²) in [5, 5.41) is 0. The van der Waals surface area contributed by atoms with Gasteiger partial charge < -0.3 is 10.6 Å². The summed E-state index contributed by atoms with van der Waals surface area (Å²) < 4.78 is 0. The van der Waals surface area contributed by atoms with Gasteiger partial charge in [0.1, 0.15) is 0 Å². The molecule has 0 aliphatic heterocycles. The molecule has 104 valence electrons. The summed E-state index contributed by atoms with van der Waals surface area (Å²) in [6.45, 7) is 2.73. The molecule has 2 rings (SSSR count). The Morgan fingerprint density at radius 3 is 2.79 bits per heavy atom. The summed E-state index contributed by atoms with van der Waals surface area (Å²) in [4.78, 5) is 14.5. The molecule has 0 spiro atoms. The Balaban J connectivity index is 2.13. The number of hydrogen-bond acceptors (Lipinski definition) is 2. The van der Waals surface area contributed by atoms with E-state index < -0.39 is 0 Å². The van der Waals surface area contributed by atoms with Crippen LogP contribution in [0.15, 0.2) is 24.3 Å². The number of carbonyl (C=O) groups is 1.